The van der Waals surface area contributed by atoms with Crippen LogP contribution in [0.4, 0.5) is 0 Å². The van der Waals surface area contributed by atoms with Crippen LogP contribution in [0.3, 0.4) is 0 Å². The molecule has 165 valence electrons. The molecule has 0 spiro atoms. The summed E-state index contributed by atoms with van der Waals surface area (Å²) in [4.78, 5) is 20.2. The Balaban J connectivity index is 0. The predicted molar refractivity (Wildman–Crippen MR) is 118 cm³/mol. The van der Waals surface area contributed by atoms with Crippen molar-refractivity contribution in [1.29, 1.82) is 0 Å². The molecule has 2 aliphatic heterocycles. The summed E-state index contributed by atoms with van der Waals surface area (Å²) in [6, 6.07) is 9.55. The monoisotopic (exact) mass is 491 g/mol. The fraction of sp³-hybridized carbons (Fsp3) is 0.263. The number of aliphatic hydroxyl groups excluding tert-OH is 1. The zero-order chi connectivity index (χ0) is 22.3. The van der Waals surface area contributed by atoms with Gasteiger partial charge >= 0.3 is 29.6 Å². The van der Waals surface area contributed by atoms with Gasteiger partial charge in [0.1, 0.15) is 11.5 Å². The van der Waals surface area contributed by atoms with Crippen molar-refractivity contribution in [1.82, 2.24) is 0 Å². The molecule has 2 aliphatic rings. The molecule has 0 amide bonds. The van der Waals surface area contributed by atoms with E-state index in [1.54, 1.807) is 36.4 Å². The van der Waals surface area contributed by atoms with E-state index in [0.29, 0.717) is 33.5 Å². The molecule has 0 saturated heterocycles. The van der Waals surface area contributed by atoms with Gasteiger partial charge in [-0.05, 0) is 30.3 Å². The van der Waals surface area contributed by atoms with Crippen LogP contribution in [0.1, 0.15) is 12.6 Å². The number of ether oxygens (including phenoxy) is 2. The molecule has 0 aromatic heterocycles. The van der Waals surface area contributed by atoms with E-state index in [1.807, 2.05) is 0 Å². The minimum Gasteiger partial charge on any atom is -1.00 e. The molecule has 3 radical (unpaired) electrons. The van der Waals surface area contributed by atoms with Gasteiger partial charge in [0.15, 0.2) is 13.2 Å². The second-order valence-corrected chi connectivity index (χ2v) is 6.94. The fourth-order valence-corrected chi connectivity index (χ4v) is 3.02. The van der Waals surface area contributed by atoms with Gasteiger partial charge in [-0.25, -0.2) is 0 Å². The van der Waals surface area contributed by atoms with E-state index in [4.69, 9.17) is 37.8 Å². The summed E-state index contributed by atoms with van der Waals surface area (Å²) in [5, 5.41) is 29.1. The molecule has 9 nitrogen and oxygen atoms in total. The van der Waals surface area contributed by atoms with Gasteiger partial charge in [-0.15, -0.1) is 0 Å². The van der Waals surface area contributed by atoms with E-state index in [1.165, 1.54) is 6.08 Å². The average Bonchev–Trinajstić information content (AvgIpc) is 2.74. The fourth-order valence-electron chi connectivity index (χ4n) is 2.70. The molecule has 1 N–H and O–H groups in total. The van der Waals surface area contributed by atoms with Crippen molar-refractivity contribution in [3.63, 3.8) is 0 Å². The van der Waals surface area contributed by atoms with Gasteiger partial charge in [-0.1, -0.05) is 29.3 Å². The normalized spacial score (nSPS) is 14.9. The van der Waals surface area contributed by atoms with Crippen LogP contribution in [0.25, 0.3) is 6.08 Å². The van der Waals surface area contributed by atoms with Gasteiger partial charge < -0.3 is 16.0 Å². The van der Waals surface area contributed by atoms with Crippen molar-refractivity contribution in [3.8, 4) is 11.5 Å². The summed E-state index contributed by atoms with van der Waals surface area (Å²) in [5.74, 6) is 1.25. The van der Waals surface area contributed by atoms with Crippen LogP contribution >= 0.6 is 23.2 Å². The Hall–Kier alpha value is -1.82. The number of benzene rings is 2. The van der Waals surface area contributed by atoms with Crippen LogP contribution in [0, 0.1) is 20.2 Å². The molecule has 0 fully saturated rings. The van der Waals surface area contributed by atoms with E-state index < -0.39 is 11.0 Å². The molecule has 2 aromatic carbocycles. The van der Waals surface area contributed by atoms with Crippen molar-refractivity contribution >= 4 is 37.7 Å². The van der Waals surface area contributed by atoms with E-state index in [9.17, 15) is 20.2 Å². The molecule has 2 aromatic rings. The van der Waals surface area contributed by atoms with Crippen molar-refractivity contribution in [2.24, 2.45) is 0 Å². The second kappa shape index (κ2) is 14.4. The zero-order valence-electron chi connectivity index (χ0n) is 18.4. The number of nitro groups is 2. The van der Waals surface area contributed by atoms with Gasteiger partial charge in [0.2, 0.25) is 0 Å². The van der Waals surface area contributed by atoms with Crippen molar-refractivity contribution in [2.75, 3.05) is 20.3 Å². The van der Waals surface area contributed by atoms with E-state index >= 15 is 0 Å². The molecule has 0 bridgehead atoms. The van der Waals surface area contributed by atoms with Gasteiger partial charge in [0.05, 0.1) is 4.92 Å². The Morgan fingerprint density at radius 2 is 1.62 bits per heavy atom. The zero-order valence-corrected chi connectivity index (χ0v) is 20.9. The van der Waals surface area contributed by atoms with E-state index in [2.05, 4.69) is 0 Å². The smallest absolute Gasteiger partial charge is 1.00 e. The molecule has 32 heavy (non-hydrogen) atoms. The number of fused-ring (bicyclic) bond motifs is 2. The van der Waals surface area contributed by atoms with Gasteiger partial charge in [0, 0.05) is 54.1 Å². The predicted octanol–water partition coefficient (Wildman–Crippen LogP) is 0.614. The van der Waals surface area contributed by atoms with Crippen LogP contribution in [-0.4, -0.2) is 49.7 Å². The molecule has 1 atom stereocenters. The molecule has 2 heterocycles. The van der Waals surface area contributed by atoms with E-state index in [0.717, 1.165) is 12.7 Å². The minimum absolute atomic E-state index is 0. The second-order valence-electron chi connectivity index (χ2n) is 6.07. The molecule has 0 saturated carbocycles. The van der Waals surface area contributed by atoms with Crippen LogP contribution < -0.4 is 39.0 Å². The van der Waals surface area contributed by atoms with Crippen molar-refractivity contribution < 1.29 is 55.4 Å². The van der Waals surface area contributed by atoms with E-state index in [-0.39, 0.29) is 63.2 Å². The first kappa shape index (κ1) is 30.2. The first-order valence-corrected chi connectivity index (χ1v) is 9.36. The Bertz CT molecular complexity index is 985. The van der Waals surface area contributed by atoms with Crippen molar-refractivity contribution in [2.45, 2.75) is 12.5 Å². The Morgan fingerprint density at radius 3 is 2.22 bits per heavy atom. The Kier molecular flexibility index (Phi) is 13.5. The summed E-state index contributed by atoms with van der Waals surface area (Å²) in [6.07, 6.45) is 1.91. The number of halogens is 2. The molecule has 4 rings (SSSR count). The number of hydrogen-bond donors (Lipinski definition) is 1. The maximum Gasteiger partial charge on any atom is 1.00 e. The minimum atomic E-state index is -0.635. The number of nitrogens with zero attached hydrogens (tertiary/aromatic N) is 2. The topological polar surface area (TPSA) is 125 Å². The third kappa shape index (κ3) is 8.27. The van der Waals surface area contributed by atoms with Gasteiger partial charge in [-0.2, -0.15) is 0 Å². The number of rotatable bonds is 2. The molecule has 1 unspecified atom stereocenters. The molecule has 0 aliphatic carbocycles. The summed E-state index contributed by atoms with van der Waals surface area (Å²) >= 11 is 11.5. The third-order valence-electron chi connectivity index (χ3n) is 4.12. The summed E-state index contributed by atoms with van der Waals surface area (Å²) < 4.78 is 10.4. The molecular weight excluding hydrogens is 473 g/mol. The largest absolute Gasteiger partial charge is 1.00 e. The summed E-state index contributed by atoms with van der Waals surface area (Å²) in [6.45, 7) is 0.112. The number of hydrogen-bond acceptors (Lipinski definition) is 7. The summed E-state index contributed by atoms with van der Waals surface area (Å²) in [5.41, 5.74) is 1.59. The van der Waals surface area contributed by atoms with Crippen LogP contribution in [-0.2, 0) is 6.42 Å². The first-order valence-electron chi connectivity index (χ1n) is 8.60. The van der Waals surface area contributed by atoms with Crippen LogP contribution in [0.5, 0.6) is 11.5 Å². The number of aliphatic hydroxyl groups is 1. The SMILES string of the molecule is CO.O=[N+]([O-])C1=Cc2ccc(Cl)cc2OC1.O=[N+]([O-])C1COc2cc(Cl)ccc2C1.[B].[H-].[Na+]. The van der Waals surface area contributed by atoms with Crippen LogP contribution in [0.15, 0.2) is 42.1 Å². The third-order valence-corrected chi connectivity index (χ3v) is 4.59. The maximum absolute atomic E-state index is 10.5. The molecular formula is C19H19BCl2N2NaO7. The maximum atomic E-state index is 10.5. The molecule has 13 heteroatoms. The van der Waals surface area contributed by atoms with Gasteiger partial charge in [-0.3, -0.25) is 20.2 Å². The quantitative estimate of drug-likeness (QED) is 0.370. The Labute approximate surface area is 220 Å². The van der Waals surface area contributed by atoms with Crippen LogP contribution in [0.2, 0.25) is 10.0 Å². The van der Waals surface area contributed by atoms with Gasteiger partial charge in [0.25, 0.3) is 11.7 Å². The Morgan fingerprint density at radius 1 is 1.03 bits per heavy atom. The first-order chi connectivity index (χ1) is 14.3. The van der Waals surface area contributed by atoms with Crippen molar-refractivity contribution in [3.05, 3.63) is 83.5 Å². The summed E-state index contributed by atoms with van der Waals surface area (Å²) in [7, 11) is 1.00. The average molecular weight is 492 g/mol. The standard InChI is InChI=1S/C9H8ClNO3.C9H6ClNO3.CH4O.B.Na.H/c2*10-7-2-1-6-3-8(11(12)13)5-14-9(6)4-7;1-2;;;/h1-2,4,8H,3,5H2;1-4H,5H2;2H,1H3;;;/q;;;;+1;-1.